The molecule has 0 atom stereocenters. The molecule has 6 heteroatoms. The number of nitrogens with one attached hydrogen (secondary N) is 3. The van der Waals surface area contributed by atoms with Gasteiger partial charge in [0, 0.05) is 31.0 Å². The average Bonchev–Trinajstić information content (AvgIpc) is 2.85. The van der Waals surface area contributed by atoms with Gasteiger partial charge in [0.05, 0.1) is 0 Å². The van der Waals surface area contributed by atoms with Crippen molar-refractivity contribution in [2.45, 2.75) is 19.8 Å². The van der Waals surface area contributed by atoms with Crippen LogP contribution < -0.4 is 20.9 Å². The normalized spacial score (nSPS) is 14.1. The minimum Gasteiger partial charge on any atom is -0.338 e. The van der Waals surface area contributed by atoms with Crippen LogP contribution in [0.2, 0.25) is 0 Å². The van der Waals surface area contributed by atoms with Crippen molar-refractivity contribution in [3.63, 3.8) is 0 Å². The molecule has 6 nitrogen and oxygen atoms in total. The van der Waals surface area contributed by atoms with E-state index in [0.717, 1.165) is 18.5 Å². The maximum Gasteiger partial charge on any atom is 0.321 e. The Morgan fingerprint density at radius 2 is 2.30 bits per heavy atom. The largest absolute Gasteiger partial charge is 0.338 e. The van der Waals surface area contributed by atoms with E-state index in [9.17, 15) is 9.59 Å². The molecule has 0 unspecified atom stereocenters. The van der Waals surface area contributed by atoms with Crippen LogP contribution >= 0.6 is 0 Å². The highest BCUT2D eigenvalue weighted by Gasteiger charge is 2.21. The van der Waals surface area contributed by atoms with E-state index in [1.807, 2.05) is 12.1 Å². The summed E-state index contributed by atoms with van der Waals surface area (Å²) in [5, 5.41) is 8.31. The van der Waals surface area contributed by atoms with Gasteiger partial charge in [-0.15, -0.1) is 0 Å². The van der Waals surface area contributed by atoms with E-state index in [-0.39, 0.29) is 12.1 Å². The molecular weight excluding hydrogens is 256 g/mol. The van der Waals surface area contributed by atoms with Crippen LogP contribution in [-0.2, 0) is 0 Å². The molecule has 1 aliphatic heterocycles. The minimum absolute atomic E-state index is 0.102. The van der Waals surface area contributed by atoms with Crippen LogP contribution in [0.4, 0.5) is 21.0 Å². The number of benzene rings is 1. The van der Waals surface area contributed by atoms with E-state index in [4.69, 9.17) is 0 Å². The first-order chi connectivity index (χ1) is 9.70. The van der Waals surface area contributed by atoms with Gasteiger partial charge in [0.15, 0.2) is 0 Å². The van der Waals surface area contributed by atoms with Crippen molar-refractivity contribution in [2.75, 3.05) is 29.9 Å². The first-order valence-corrected chi connectivity index (χ1v) is 6.91. The summed E-state index contributed by atoms with van der Waals surface area (Å²) >= 11 is 0. The highest BCUT2D eigenvalue weighted by molar-refractivity contribution is 5.95. The van der Waals surface area contributed by atoms with Crippen molar-refractivity contribution >= 4 is 23.4 Å². The van der Waals surface area contributed by atoms with Crippen LogP contribution in [0.25, 0.3) is 0 Å². The lowest BCUT2D eigenvalue weighted by molar-refractivity contribution is 0.251. The molecule has 1 heterocycles. The summed E-state index contributed by atoms with van der Waals surface area (Å²) in [4.78, 5) is 24.9. The first-order valence-electron chi connectivity index (χ1n) is 6.91. The van der Waals surface area contributed by atoms with E-state index in [0.29, 0.717) is 25.3 Å². The van der Waals surface area contributed by atoms with Gasteiger partial charge in [-0.05, 0) is 24.6 Å². The van der Waals surface area contributed by atoms with Gasteiger partial charge in [-0.3, -0.25) is 4.90 Å². The Labute approximate surface area is 118 Å². The van der Waals surface area contributed by atoms with Crippen molar-refractivity contribution in [3.8, 4) is 0 Å². The fraction of sp³-hybridized carbons (Fsp3) is 0.429. The Hall–Kier alpha value is -2.24. The quantitative estimate of drug-likeness (QED) is 0.721. The van der Waals surface area contributed by atoms with Gasteiger partial charge >= 0.3 is 12.1 Å². The van der Waals surface area contributed by atoms with Crippen molar-refractivity contribution < 1.29 is 9.59 Å². The summed E-state index contributed by atoms with van der Waals surface area (Å²) in [7, 11) is 0. The zero-order valence-electron chi connectivity index (χ0n) is 11.6. The highest BCUT2D eigenvalue weighted by atomic mass is 16.2. The second-order valence-corrected chi connectivity index (χ2v) is 4.67. The Morgan fingerprint density at radius 3 is 3.00 bits per heavy atom. The zero-order valence-corrected chi connectivity index (χ0v) is 11.6. The van der Waals surface area contributed by atoms with Crippen LogP contribution in [-0.4, -0.2) is 31.7 Å². The lowest BCUT2D eigenvalue weighted by atomic mass is 10.2. The number of carbonyl (C=O) groups excluding carboxylic acids is 2. The SMILES string of the molecule is CCCCNC(=O)Nc1cccc(N2CCNC2=O)c1. The monoisotopic (exact) mass is 276 g/mol. The van der Waals surface area contributed by atoms with Gasteiger partial charge in [-0.1, -0.05) is 19.4 Å². The number of carbonyl (C=O) groups is 2. The molecule has 0 bridgehead atoms. The Bertz CT molecular complexity index is 490. The molecule has 1 aromatic rings. The smallest absolute Gasteiger partial charge is 0.321 e. The van der Waals surface area contributed by atoms with Crippen molar-refractivity contribution in [1.29, 1.82) is 0 Å². The highest BCUT2D eigenvalue weighted by Crippen LogP contribution is 2.20. The molecule has 1 saturated heterocycles. The summed E-state index contributed by atoms with van der Waals surface area (Å²) in [6.45, 7) is 4.03. The third kappa shape index (κ3) is 3.63. The summed E-state index contributed by atoms with van der Waals surface area (Å²) in [6.07, 6.45) is 2.00. The number of urea groups is 2. The summed E-state index contributed by atoms with van der Waals surface area (Å²) < 4.78 is 0. The molecule has 0 aromatic heterocycles. The minimum atomic E-state index is -0.221. The lowest BCUT2D eigenvalue weighted by Gasteiger charge is -2.15. The van der Waals surface area contributed by atoms with Gasteiger partial charge < -0.3 is 16.0 Å². The zero-order chi connectivity index (χ0) is 14.4. The van der Waals surface area contributed by atoms with Crippen LogP contribution in [0.5, 0.6) is 0 Å². The molecule has 3 N–H and O–H groups in total. The predicted octanol–water partition coefficient (Wildman–Crippen LogP) is 2.14. The number of anilines is 2. The molecule has 1 aromatic carbocycles. The second-order valence-electron chi connectivity index (χ2n) is 4.67. The van der Waals surface area contributed by atoms with E-state index < -0.39 is 0 Å². The van der Waals surface area contributed by atoms with Crippen LogP contribution in [0.15, 0.2) is 24.3 Å². The molecule has 0 radical (unpaired) electrons. The summed E-state index contributed by atoms with van der Waals surface area (Å²) in [5.74, 6) is 0. The van der Waals surface area contributed by atoms with Gasteiger partial charge in [-0.2, -0.15) is 0 Å². The van der Waals surface area contributed by atoms with E-state index in [2.05, 4.69) is 22.9 Å². The predicted molar refractivity (Wildman–Crippen MR) is 79.1 cm³/mol. The van der Waals surface area contributed by atoms with Crippen molar-refractivity contribution in [1.82, 2.24) is 10.6 Å². The molecule has 0 aliphatic carbocycles. The fourth-order valence-corrected chi connectivity index (χ4v) is 2.02. The molecule has 0 saturated carbocycles. The maximum atomic E-state index is 11.7. The molecule has 20 heavy (non-hydrogen) atoms. The number of rotatable bonds is 5. The Morgan fingerprint density at radius 1 is 1.45 bits per heavy atom. The van der Waals surface area contributed by atoms with E-state index >= 15 is 0 Å². The van der Waals surface area contributed by atoms with Crippen LogP contribution in [0, 0.1) is 0 Å². The molecule has 0 spiro atoms. The molecule has 4 amide bonds. The maximum absolute atomic E-state index is 11.7. The van der Waals surface area contributed by atoms with Crippen molar-refractivity contribution in [3.05, 3.63) is 24.3 Å². The van der Waals surface area contributed by atoms with Crippen LogP contribution in [0.3, 0.4) is 0 Å². The Balaban J connectivity index is 1.95. The molecule has 2 rings (SSSR count). The van der Waals surface area contributed by atoms with Crippen LogP contribution in [0.1, 0.15) is 19.8 Å². The van der Waals surface area contributed by atoms with E-state index in [1.54, 1.807) is 17.0 Å². The fourth-order valence-electron chi connectivity index (χ4n) is 2.02. The summed E-state index contributed by atoms with van der Waals surface area (Å²) in [5.41, 5.74) is 1.46. The molecular formula is C14H20N4O2. The van der Waals surface area contributed by atoms with Crippen molar-refractivity contribution in [2.24, 2.45) is 0 Å². The topological polar surface area (TPSA) is 73.5 Å². The molecule has 1 fully saturated rings. The number of amides is 4. The number of hydrogen-bond donors (Lipinski definition) is 3. The number of nitrogens with zero attached hydrogens (tertiary/aromatic N) is 1. The number of unbranched alkanes of at least 4 members (excludes halogenated alkanes) is 1. The van der Waals surface area contributed by atoms with Gasteiger partial charge in [0.2, 0.25) is 0 Å². The lowest BCUT2D eigenvalue weighted by Crippen LogP contribution is -2.30. The number of hydrogen-bond acceptors (Lipinski definition) is 2. The standard InChI is InChI=1S/C14H20N4O2/c1-2-3-7-15-13(19)17-11-5-4-6-12(10-11)18-9-8-16-14(18)20/h4-6,10H,2-3,7-9H2,1H3,(H,16,20)(H2,15,17,19). The van der Waals surface area contributed by atoms with Gasteiger partial charge in [0.25, 0.3) is 0 Å². The molecule has 108 valence electrons. The second kappa shape index (κ2) is 6.79. The third-order valence-corrected chi connectivity index (χ3v) is 3.09. The van der Waals surface area contributed by atoms with E-state index in [1.165, 1.54) is 0 Å². The Kier molecular flexibility index (Phi) is 4.81. The first kappa shape index (κ1) is 14.2. The van der Waals surface area contributed by atoms with Gasteiger partial charge in [0.1, 0.15) is 0 Å². The molecule has 1 aliphatic rings. The average molecular weight is 276 g/mol. The summed E-state index contributed by atoms with van der Waals surface area (Å²) in [6, 6.07) is 6.95. The third-order valence-electron chi connectivity index (χ3n) is 3.09. The van der Waals surface area contributed by atoms with Gasteiger partial charge in [-0.25, -0.2) is 9.59 Å².